The summed E-state index contributed by atoms with van der Waals surface area (Å²) in [6, 6.07) is 9.44. The summed E-state index contributed by atoms with van der Waals surface area (Å²) in [4.78, 5) is 25.1. The molecule has 1 aromatic carbocycles. The molecule has 1 atom stereocenters. The number of hydrogen-bond acceptors (Lipinski definition) is 4. The van der Waals surface area contributed by atoms with Gasteiger partial charge in [0, 0.05) is 37.2 Å². The lowest BCUT2D eigenvalue weighted by atomic mass is 10.3. The smallest absolute Gasteiger partial charge is 0.320 e. The predicted molar refractivity (Wildman–Crippen MR) is 84.5 cm³/mol. The van der Waals surface area contributed by atoms with Gasteiger partial charge in [-0.3, -0.25) is 14.5 Å². The Balaban J connectivity index is 2.44. The van der Waals surface area contributed by atoms with Crippen molar-refractivity contribution < 1.29 is 14.7 Å². The van der Waals surface area contributed by atoms with E-state index in [9.17, 15) is 9.59 Å². The zero-order valence-electron chi connectivity index (χ0n) is 12.4. The first-order chi connectivity index (χ1) is 10.0. The van der Waals surface area contributed by atoms with Crippen molar-refractivity contribution in [1.29, 1.82) is 0 Å². The average molecular weight is 310 g/mol. The molecule has 1 aromatic rings. The van der Waals surface area contributed by atoms with E-state index in [2.05, 4.69) is 5.32 Å². The molecular weight excluding hydrogens is 288 g/mol. The monoisotopic (exact) mass is 310 g/mol. The van der Waals surface area contributed by atoms with Gasteiger partial charge in [0.1, 0.15) is 6.04 Å². The number of nitrogens with one attached hydrogen (secondary N) is 1. The SMILES string of the molecule is CC(=O)NCCN(CCSc1ccccc1)C(C)C(=O)O. The summed E-state index contributed by atoms with van der Waals surface area (Å²) in [5.74, 6) is -0.138. The van der Waals surface area contributed by atoms with Crippen molar-refractivity contribution in [3.05, 3.63) is 30.3 Å². The van der Waals surface area contributed by atoms with Crippen LogP contribution in [-0.4, -0.2) is 53.3 Å². The molecule has 21 heavy (non-hydrogen) atoms. The maximum Gasteiger partial charge on any atom is 0.320 e. The van der Waals surface area contributed by atoms with Crippen molar-refractivity contribution >= 4 is 23.6 Å². The molecule has 0 saturated heterocycles. The lowest BCUT2D eigenvalue weighted by molar-refractivity contribution is -0.142. The first-order valence-electron chi connectivity index (χ1n) is 6.90. The molecule has 2 N–H and O–H groups in total. The molecule has 0 fully saturated rings. The number of rotatable bonds is 9. The topological polar surface area (TPSA) is 69.6 Å². The first kappa shape index (κ1) is 17.5. The predicted octanol–water partition coefficient (Wildman–Crippen LogP) is 1.69. The number of hydrogen-bond donors (Lipinski definition) is 2. The zero-order chi connectivity index (χ0) is 15.7. The quantitative estimate of drug-likeness (QED) is 0.679. The van der Waals surface area contributed by atoms with Crippen LogP contribution in [0.25, 0.3) is 0 Å². The summed E-state index contributed by atoms with van der Waals surface area (Å²) in [6.45, 7) is 4.78. The Morgan fingerprint density at radius 3 is 2.52 bits per heavy atom. The number of nitrogens with zero attached hydrogens (tertiary/aromatic N) is 1. The van der Waals surface area contributed by atoms with Crippen LogP contribution in [-0.2, 0) is 9.59 Å². The van der Waals surface area contributed by atoms with E-state index in [0.717, 1.165) is 5.75 Å². The third kappa shape index (κ3) is 7.15. The standard InChI is InChI=1S/C15H22N2O3S/c1-12(15(19)20)17(9-8-16-13(2)18)10-11-21-14-6-4-3-5-7-14/h3-7,12H,8-11H2,1-2H3,(H,16,18)(H,19,20). The van der Waals surface area contributed by atoms with Crippen LogP contribution in [0.4, 0.5) is 0 Å². The summed E-state index contributed by atoms with van der Waals surface area (Å²) in [6.07, 6.45) is 0. The Bertz CT molecular complexity index is 453. The van der Waals surface area contributed by atoms with Gasteiger partial charge < -0.3 is 10.4 Å². The number of carbonyl (C=O) groups excluding carboxylic acids is 1. The van der Waals surface area contributed by atoms with Gasteiger partial charge in [0.2, 0.25) is 5.91 Å². The number of amides is 1. The molecular formula is C15H22N2O3S. The van der Waals surface area contributed by atoms with Crippen molar-refractivity contribution in [2.45, 2.75) is 24.8 Å². The molecule has 0 aliphatic heterocycles. The highest BCUT2D eigenvalue weighted by molar-refractivity contribution is 7.99. The summed E-state index contributed by atoms with van der Waals surface area (Å²) >= 11 is 1.70. The number of thioether (sulfide) groups is 1. The van der Waals surface area contributed by atoms with E-state index in [1.165, 1.54) is 11.8 Å². The molecule has 5 nitrogen and oxygen atoms in total. The number of benzene rings is 1. The average Bonchev–Trinajstić information content (AvgIpc) is 2.45. The number of carbonyl (C=O) groups is 2. The molecule has 0 heterocycles. The van der Waals surface area contributed by atoms with E-state index in [1.807, 2.05) is 35.2 Å². The molecule has 0 aliphatic rings. The molecule has 0 spiro atoms. The second-order valence-corrected chi connectivity index (χ2v) is 5.86. The molecule has 0 radical (unpaired) electrons. The lowest BCUT2D eigenvalue weighted by Crippen LogP contribution is -2.44. The molecule has 0 aliphatic carbocycles. The van der Waals surface area contributed by atoms with E-state index in [-0.39, 0.29) is 5.91 Å². The summed E-state index contributed by atoms with van der Waals surface area (Å²) in [7, 11) is 0. The highest BCUT2D eigenvalue weighted by atomic mass is 32.2. The largest absolute Gasteiger partial charge is 0.480 e. The Morgan fingerprint density at radius 1 is 1.29 bits per heavy atom. The van der Waals surface area contributed by atoms with Gasteiger partial charge in [0.05, 0.1) is 0 Å². The Hall–Kier alpha value is -1.53. The fourth-order valence-corrected chi connectivity index (χ4v) is 2.74. The van der Waals surface area contributed by atoms with Crippen LogP contribution in [0.3, 0.4) is 0 Å². The van der Waals surface area contributed by atoms with Gasteiger partial charge in [0.15, 0.2) is 0 Å². The minimum atomic E-state index is -0.845. The minimum absolute atomic E-state index is 0.100. The van der Waals surface area contributed by atoms with Gasteiger partial charge >= 0.3 is 5.97 Å². The minimum Gasteiger partial charge on any atom is -0.480 e. The van der Waals surface area contributed by atoms with Crippen LogP contribution in [0.5, 0.6) is 0 Å². The molecule has 1 rings (SSSR count). The van der Waals surface area contributed by atoms with E-state index in [4.69, 9.17) is 5.11 Å². The van der Waals surface area contributed by atoms with Crippen LogP contribution in [0.2, 0.25) is 0 Å². The highest BCUT2D eigenvalue weighted by Gasteiger charge is 2.19. The third-order valence-corrected chi connectivity index (χ3v) is 4.06. The summed E-state index contributed by atoms with van der Waals surface area (Å²) in [5.41, 5.74) is 0. The molecule has 1 amide bonds. The second kappa shape index (κ2) is 9.41. The fourth-order valence-electron chi connectivity index (χ4n) is 1.83. The van der Waals surface area contributed by atoms with E-state index < -0.39 is 12.0 Å². The second-order valence-electron chi connectivity index (χ2n) is 4.69. The van der Waals surface area contributed by atoms with E-state index in [0.29, 0.717) is 19.6 Å². The molecule has 1 unspecified atom stereocenters. The maximum atomic E-state index is 11.1. The summed E-state index contributed by atoms with van der Waals surface area (Å²) in [5, 5.41) is 11.8. The number of carboxylic acids is 1. The summed E-state index contributed by atoms with van der Waals surface area (Å²) < 4.78 is 0. The van der Waals surface area contributed by atoms with Crippen molar-refractivity contribution in [1.82, 2.24) is 10.2 Å². The lowest BCUT2D eigenvalue weighted by Gasteiger charge is -2.26. The number of aliphatic carboxylic acids is 1. The van der Waals surface area contributed by atoms with E-state index >= 15 is 0 Å². The van der Waals surface area contributed by atoms with Crippen LogP contribution in [0, 0.1) is 0 Å². The van der Waals surface area contributed by atoms with Gasteiger partial charge in [-0.15, -0.1) is 11.8 Å². The Morgan fingerprint density at radius 2 is 1.95 bits per heavy atom. The van der Waals surface area contributed by atoms with Gasteiger partial charge in [0.25, 0.3) is 0 Å². The zero-order valence-corrected chi connectivity index (χ0v) is 13.2. The molecule has 116 valence electrons. The van der Waals surface area contributed by atoms with Crippen LogP contribution < -0.4 is 5.32 Å². The van der Waals surface area contributed by atoms with Crippen molar-refractivity contribution in [3.63, 3.8) is 0 Å². The maximum absolute atomic E-state index is 11.1. The van der Waals surface area contributed by atoms with Crippen molar-refractivity contribution in [3.8, 4) is 0 Å². The molecule has 0 bridgehead atoms. The van der Waals surface area contributed by atoms with E-state index in [1.54, 1.807) is 18.7 Å². The fraction of sp³-hybridized carbons (Fsp3) is 0.467. The van der Waals surface area contributed by atoms with Gasteiger partial charge in [-0.1, -0.05) is 18.2 Å². The number of carboxylic acid groups (broad SMARTS) is 1. The highest BCUT2D eigenvalue weighted by Crippen LogP contribution is 2.17. The van der Waals surface area contributed by atoms with Gasteiger partial charge in [-0.05, 0) is 19.1 Å². The molecule has 0 saturated carbocycles. The van der Waals surface area contributed by atoms with Gasteiger partial charge in [-0.25, -0.2) is 0 Å². The Labute approximate surface area is 129 Å². The van der Waals surface area contributed by atoms with Crippen LogP contribution in [0.15, 0.2) is 35.2 Å². The molecule has 6 heteroatoms. The Kier molecular flexibility index (Phi) is 7.85. The van der Waals surface area contributed by atoms with Crippen molar-refractivity contribution in [2.24, 2.45) is 0 Å². The van der Waals surface area contributed by atoms with Crippen LogP contribution >= 0.6 is 11.8 Å². The van der Waals surface area contributed by atoms with Crippen molar-refractivity contribution in [2.75, 3.05) is 25.4 Å². The first-order valence-corrected chi connectivity index (χ1v) is 7.88. The third-order valence-electron chi connectivity index (χ3n) is 3.07. The molecule has 0 aromatic heterocycles. The van der Waals surface area contributed by atoms with Gasteiger partial charge in [-0.2, -0.15) is 0 Å². The normalized spacial score (nSPS) is 12.1. The van der Waals surface area contributed by atoms with Crippen LogP contribution in [0.1, 0.15) is 13.8 Å².